The summed E-state index contributed by atoms with van der Waals surface area (Å²) in [6.07, 6.45) is 6.21. The quantitative estimate of drug-likeness (QED) is 0.613. The standard InChI is InChI=1S/C26H33N7O3/c1-26(2)16-33(18-8-6-7-9-18)22-20(31(3)24(26)35)15-29-25(30-22)32(4)19-11-10-17(14-21(19)36-5)23(34)28-13-12-27/h10-11,14-15,18H,6-9,13,16H2,1-5H3,(H,28,34). The predicted molar refractivity (Wildman–Crippen MR) is 138 cm³/mol. The summed E-state index contributed by atoms with van der Waals surface area (Å²) in [7, 11) is 5.16. The third kappa shape index (κ3) is 4.65. The van der Waals surface area contributed by atoms with Gasteiger partial charge >= 0.3 is 0 Å². The molecule has 190 valence electrons. The van der Waals surface area contributed by atoms with E-state index in [-0.39, 0.29) is 18.4 Å². The minimum Gasteiger partial charge on any atom is -0.495 e. The lowest BCUT2D eigenvalue weighted by Crippen LogP contribution is -2.45. The van der Waals surface area contributed by atoms with E-state index in [1.165, 1.54) is 20.0 Å². The van der Waals surface area contributed by atoms with Crippen molar-refractivity contribution < 1.29 is 14.3 Å². The van der Waals surface area contributed by atoms with Gasteiger partial charge in [-0.3, -0.25) is 9.59 Å². The molecular weight excluding hydrogens is 458 g/mol. The highest BCUT2D eigenvalue weighted by Crippen LogP contribution is 2.41. The molecule has 1 aromatic carbocycles. The zero-order chi connectivity index (χ0) is 26.0. The fourth-order valence-electron chi connectivity index (χ4n) is 5.04. The molecule has 1 saturated carbocycles. The van der Waals surface area contributed by atoms with Gasteiger partial charge in [-0.05, 0) is 44.9 Å². The van der Waals surface area contributed by atoms with Gasteiger partial charge in [-0.25, -0.2) is 4.98 Å². The maximum atomic E-state index is 13.2. The van der Waals surface area contributed by atoms with Crippen molar-refractivity contribution in [1.82, 2.24) is 15.3 Å². The summed E-state index contributed by atoms with van der Waals surface area (Å²) in [5.74, 6) is 1.37. The second-order valence-electron chi connectivity index (χ2n) is 9.98. The minimum atomic E-state index is -0.560. The Labute approximate surface area is 211 Å². The fraction of sp³-hybridized carbons (Fsp3) is 0.500. The molecule has 1 fully saturated rings. The van der Waals surface area contributed by atoms with E-state index >= 15 is 0 Å². The molecule has 4 rings (SSSR count). The van der Waals surface area contributed by atoms with Gasteiger partial charge in [0, 0.05) is 32.2 Å². The van der Waals surface area contributed by atoms with Gasteiger partial charge in [-0.2, -0.15) is 10.2 Å². The van der Waals surface area contributed by atoms with Gasteiger partial charge < -0.3 is 24.8 Å². The first-order valence-electron chi connectivity index (χ1n) is 12.2. The van der Waals surface area contributed by atoms with E-state index in [1.807, 2.05) is 27.0 Å². The van der Waals surface area contributed by atoms with Crippen LogP contribution in [-0.4, -0.2) is 62.1 Å². The summed E-state index contributed by atoms with van der Waals surface area (Å²) < 4.78 is 5.57. The molecule has 1 aromatic heterocycles. The number of aromatic nitrogens is 2. The van der Waals surface area contributed by atoms with E-state index in [0.29, 0.717) is 41.2 Å². The van der Waals surface area contributed by atoms with Gasteiger partial charge in [0.05, 0.1) is 30.5 Å². The molecule has 1 aliphatic heterocycles. The Hall–Kier alpha value is -3.87. The van der Waals surface area contributed by atoms with Crippen LogP contribution in [0.3, 0.4) is 0 Å². The Balaban J connectivity index is 1.73. The van der Waals surface area contributed by atoms with Crippen LogP contribution in [0, 0.1) is 16.7 Å². The molecule has 10 nitrogen and oxygen atoms in total. The monoisotopic (exact) mass is 491 g/mol. The van der Waals surface area contributed by atoms with Crippen LogP contribution < -0.4 is 24.8 Å². The molecule has 1 N–H and O–H groups in total. The smallest absolute Gasteiger partial charge is 0.252 e. The van der Waals surface area contributed by atoms with Crippen LogP contribution in [0.4, 0.5) is 23.1 Å². The third-order valence-electron chi connectivity index (χ3n) is 7.02. The van der Waals surface area contributed by atoms with Crippen LogP contribution >= 0.6 is 0 Å². The van der Waals surface area contributed by atoms with E-state index in [0.717, 1.165) is 18.7 Å². The summed E-state index contributed by atoms with van der Waals surface area (Å²) in [4.78, 5) is 40.9. The molecule has 2 aromatic rings. The van der Waals surface area contributed by atoms with Gasteiger partial charge in [0.15, 0.2) is 5.82 Å². The second kappa shape index (κ2) is 10.0. The minimum absolute atomic E-state index is 0.0425. The van der Waals surface area contributed by atoms with Crippen LogP contribution in [0.25, 0.3) is 0 Å². The van der Waals surface area contributed by atoms with Crippen molar-refractivity contribution >= 4 is 35.0 Å². The van der Waals surface area contributed by atoms with Crippen molar-refractivity contribution in [1.29, 1.82) is 5.26 Å². The summed E-state index contributed by atoms with van der Waals surface area (Å²) in [6, 6.07) is 7.29. The number of amides is 2. The summed E-state index contributed by atoms with van der Waals surface area (Å²) >= 11 is 0. The number of nitrogens with zero attached hydrogens (tertiary/aromatic N) is 6. The molecule has 2 heterocycles. The van der Waals surface area contributed by atoms with Gasteiger partial charge in [0.1, 0.15) is 18.0 Å². The molecule has 2 amide bonds. The highest BCUT2D eigenvalue weighted by molar-refractivity contribution is 6.01. The van der Waals surface area contributed by atoms with Crippen LogP contribution in [0.15, 0.2) is 24.4 Å². The number of carbonyl (C=O) groups is 2. The lowest BCUT2D eigenvalue weighted by Gasteiger charge is -2.34. The van der Waals surface area contributed by atoms with Gasteiger partial charge in [0.25, 0.3) is 5.91 Å². The number of nitriles is 1. The van der Waals surface area contributed by atoms with Gasteiger partial charge in [-0.15, -0.1) is 0 Å². The van der Waals surface area contributed by atoms with Crippen molar-refractivity contribution in [3.05, 3.63) is 30.0 Å². The first-order chi connectivity index (χ1) is 17.2. The number of hydrogen-bond acceptors (Lipinski definition) is 8. The molecule has 0 saturated heterocycles. The molecular formula is C26H33N7O3. The van der Waals surface area contributed by atoms with E-state index in [4.69, 9.17) is 15.0 Å². The Morgan fingerprint density at radius 3 is 2.72 bits per heavy atom. The zero-order valence-corrected chi connectivity index (χ0v) is 21.5. The highest BCUT2D eigenvalue weighted by atomic mass is 16.5. The van der Waals surface area contributed by atoms with E-state index in [2.05, 4.69) is 15.2 Å². The molecule has 0 spiro atoms. The lowest BCUT2D eigenvalue weighted by molar-refractivity contribution is -0.125. The first-order valence-corrected chi connectivity index (χ1v) is 12.2. The third-order valence-corrected chi connectivity index (χ3v) is 7.02. The number of fused-ring (bicyclic) bond motifs is 1. The SMILES string of the molecule is COc1cc(C(=O)NCC#N)ccc1N(C)c1ncc2c(n1)N(C1CCCC1)CC(C)(C)C(=O)N2C. The number of rotatable bonds is 6. The van der Waals surface area contributed by atoms with E-state index in [1.54, 1.807) is 41.2 Å². The highest BCUT2D eigenvalue weighted by Gasteiger charge is 2.41. The lowest BCUT2D eigenvalue weighted by atomic mass is 9.91. The predicted octanol–water partition coefficient (Wildman–Crippen LogP) is 3.26. The molecule has 0 unspecified atom stereocenters. The Morgan fingerprint density at radius 1 is 1.33 bits per heavy atom. The fourth-order valence-corrected chi connectivity index (χ4v) is 5.04. The van der Waals surface area contributed by atoms with Crippen LogP contribution in [0.5, 0.6) is 5.75 Å². The molecule has 0 bridgehead atoms. The molecule has 0 radical (unpaired) electrons. The Bertz CT molecular complexity index is 1200. The number of methoxy groups -OCH3 is 1. The summed E-state index contributed by atoms with van der Waals surface area (Å²) in [6.45, 7) is 4.49. The zero-order valence-electron chi connectivity index (χ0n) is 21.5. The van der Waals surface area contributed by atoms with Crippen molar-refractivity contribution in [3.63, 3.8) is 0 Å². The largest absolute Gasteiger partial charge is 0.495 e. The van der Waals surface area contributed by atoms with E-state index in [9.17, 15) is 9.59 Å². The normalized spacial score (nSPS) is 17.3. The molecule has 0 atom stereocenters. The average Bonchev–Trinajstić information content (AvgIpc) is 3.41. The molecule has 36 heavy (non-hydrogen) atoms. The summed E-state index contributed by atoms with van der Waals surface area (Å²) in [5.41, 5.74) is 1.21. The second-order valence-corrected chi connectivity index (χ2v) is 9.98. The van der Waals surface area contributed by atoms with Crippen molar-refractivity contribution in [2.24, 2.45) is 5.41 Å². The number of anilines is 4. The van der Waals surface area contributed by atoms with Gasteiger partial charge in [0.2, 0.25) is 11.9 Å². The topological polar surface area (TPSA) is 115 Å². The maximum Gasteiger partial charge on any atom is 0.252 e. The number of benzene rings is 1. The number of nitrogens with one attached hydrogen (secondary N) is 1. The Morgan fingerprint density at radius 2 is 2.06 bits per heavy atom. The van der Waals surface area contributed by atoms with Gasteiger partial charge in [-0.1, -0.05) is 12.8 Å². The average molecular weight is 492 g/mol. The number of ether oxygens (including phenoxy) is 1. The van der Waals surface area contributed by atoms with Crippen LogP contribution in [0.2, 0.25) is 0 Å². The molecule has 10 heteroatoms. The Kier molecular flexibility index (Phi) is 7.02. The van der Waals surface area contributed by atoms with Crippen molar-refractivity contribution in [2.45, 2.75) is 45.6 Å². The number of hydrogen-bond donors (Lipinski definition) is 1. The van der Waals surface area contributed by atoms with Crippen molar-refractivity contribution in [3.8, 4) is 11.8 Å². The molecule has 2 aliphatic rings. The summed E-state index contributed by atoms with van der Waals surface area (Å²) in [5, 5.41) is 11.3. The van der Waals surface area contributed by atoms with E-state index < -0.39 is 5.41 Å². The van der Waals surface area contributed by atoms with Crippen molar-refractivity contribution in [2.75, 3.05) is 49.0 Å². The van der Waals surface area contributed by atoms with Crippen LogP contribution in [0.1, 0.15) is 49.9 Å². The maximum absolute atomic E-state index is 13.2. The van der Waals surface area contributed by atoms with Crippen LogP contribution in [-0.2, 0) is 4.79 Å². The molecule has 1 aliphatic carbocycles. The number of carbonyl (C=O) groups excluding carboxylic acids is 2. The first kappa shape index (κ1) is 25.2.